The van der Waals surface area contributed by atoms with Gasteiger partial charge in [-0.05, 0) is 66.5 Å². The maximum atomic E-state index is 4.32. The Bertz CT molecular complexity index is 461. The smallest absolute Gasteiger partial charge is 0.0465 e. The molecule has 0 aliphatic heterocycles. The number of nitrogens with zero attached hydrogens (tertiary/aromatic N) is 2. The minimum Gasteiger partial charge on any atom is -0.372 e. The standard InChI is InChI=1S/C25H46N2/c1-10-11-20-23(4)27(9)25(6)22(3)19-17-15-13-12-14-16-18-21(2)24(5)26(7)8/h10,24-25H,1-4,11-20H2,5-9H3. The molecule has 0 aliphatic carbocycles. The molecule has 0 amide bonds. The van der Waals surface area contributed by atoms with E-state index in [9.17, 15) is 0 Å². The molecule has 2 unspecified atom stereocenters. The molecule has 0 fully saturated rings. The van der Waals surface area contributed by atoms with Crippen molar-refractivity contribution in [3.63, 3.8) is 0 Å². The molecule has 0 aromatic rings. The third-order valence-corrected chi connectivity index (χ3v) is 5.92. The summed E-state index contributed by atoms with van der Waals surface area (Å²) in [5.41, 5.74) is 3.86. The zero-order valence-electron chi connectivity index (χ0n) is 19.0. The normalized spacial score (nSPS) is 13.3. The van der Waals surface area contributed by atoms with Gasteiger partial charge in [-0.2, -0.15) is 0 Å². The first-order chi connectivity index (χ1) is 12.7. The zero-order chi connectivity index (χ0) is 20.8. The molecule has 0 saturated heterocycles. The van der Waals surface area contributed by atoms with E-state index >= 15 is 0 Å². The van der Waals surface area contributed by atoms with Crippen LogP contribution in [0.4, 0.5) is 0 Å². The van der Waals surface area contributed by atoms with E-state index in [2.05, 4.69) is 71.1 Å². The summed E-state index contributed by atoms with van der Waals surface area (Å²) in [6.45, 7) is 21.0. The highest BCUT2D eigenvalue weighted by molar-refractivity contribution is 5.09. The summed E-state index contributed by atoms with van der Waals surface area (Å²) in [5.74, 6) is 0. The fourth-order valence-corrected chi connectivity index (χ4v) is 3.19. The van der Waals surface area contributed by atoms with E-state index in [0.29, 0.717) is 12.1 Å². The molecule has 0 heterocycles. The SMILES string of the molecule is C=CCCC(=C)N(C)C(C)C(=C)CCCCCCCCC(=C)C(C)N(C)C. The van der Waals surface area contributed by atoms with Gasteiger partial charge < -0.3 is 9.80 Å². The van der Waals surface area contributed by atoms with Crippen molar-refractivity contribution in [1.82, 2.24) is 9.80 Å². The van der Waals surface area contributed by atoms with Gasteiger partial charge in [-0.1, -0.05) is 62.6 Å². The molecule has 0 saturated carbocycles. The summed E-state index contributed by atoms with van der Waals surface area (Å²) in [5, 5.41) is 0. The minimum absolute atomic E-state index is 0.368. The van der Waals surface area contributed by atoms with Crippen molar-refractivity contribution in [3.8, 4) is 0 Å². The predicted molar refractivity (Wildman–Crippen MR) is 124 cm³/mol. The van der Waals surface area contributed by atoms with Crippen molar-refractivity contribution >= 4 is 0 Å². The Morgan fingerprint density at radius 3 is 1.63 bits per heavy atom. The molecular weight excluding hydrogens is 328 g/mol. The first-order valence-corrected chi connectivity index (χ1v) is 10.8. The summed E-state index contributed by atoms with van der Waals surface area (Å²) in [6, 6.07) is 0.857. The van der Waals surface area contributed by atoms with Crippen molar-refractivity contribution in [2.45, 2.75) is 90.1 Å². The van der Waals surface area contributed by atoms with Gasteiger partial charge in [0.05, 0.1) is 0 Å². The van der Waals surface area contributed by atoms with Gasteiger partial charge in [0.2, 0.25) is 0 Å². The second kappa shape index (κ2) is 14.7. The third-order valence-electron chi connectivity index (χ3n) is 5.92. The number of allylic oxidation sites excluding steroid dienone is 2. The molecule has 2 nitrogen and oxygen atoms in total. The van der Waals surface area contributed by atoms with Crippen LogP contribution in [0, 0.1) is 0 Å². The number of hydrogen-bond donors (Lipinski definition) is 0. The highest BCUT2D eigenvalue weighted by atomic mass is 15.1. The van der Waals surface area contributed by atoms with E-state index in [4.69, 9.17) is 0 Å². The first-order valence-electron chi connectivity index (χ1n) is 10.8. The number of rotatable bonds is 17. The van der Waals surface area contributed by atoms with E-state index in [1.165, 1.54) is 55.4 Å². The van der Waals surface area contributed by atoms with Gasteiger partial charge in [0.1, 0.15) is 0 Å². The van der Waals surface area contributed by atoms with E-state index < -0.39 is 0 Å². The summed E-state index contributed by atoms with van der Waals surface area (Å²) in [4.78, 5) is 4.51. The molecule has 2 heteroatoms. The Morgan fingerprint density at radius 1 is 0.741 bits per heavy atom. The molecule has 156 valence electrons. The molecule has 0 aromatic carbocycles. The summed E-state index contributed by atoms with van der Waals surface area (Å²) < 4.78 is 0. The average Bonchev–Trinajstić information content (AvgIpc) is 2.65. The van der Waals surface area contributed by atoms with Crippen molar-refractivity contribution in [2.24, 2.45) is 0 Å². The van der Waals surface area contributed by atoms with E-state index in [0.717, 1.165) is 25.7 Å². The van der Waals surface area contributed by atoms with E-state index in [1.54, 1.807) is 0 Å². The first kappa shape index (κ1) is 25.7. The van der Waals surface area contributed by atoms with Gasteiger partial charge in [-0.25, -0.2) is 0 Å². The van der Waals surface area contributed by atoms with Crippen LogP contribution in [0.3, 0.4) is 0 Å². The monoisotopic (exact) mass is 374 g/mol. The van der Waals surface area contributed by atoms with Crippen LogP contribution in [0.2, 0.25) is 0 Å². The molecule has 0 N–H and O–H groups in total. The molecule has 0 rings (SSSR count). The molecule has 0 aromatic heterocycles. The lowest BCUT2D eigenvalue weighted by molar-refractivity contribution is 0.341. The maximum absolute atomic E-state index is 4.32. The van der Waals surface area contributed by atoms with Crippen LogP contribution >= 0.6 is 0 Å². The van der Waals surface area contributed by atoms with Crippen LogP contribution in [-0.2, 0) is 0 Å². The van der Waals surface area contributed by atoms with Crippen LogP contribution in [-0.4, -0.2) is 43.0 Å². The Balaban J connectivity index is 3.80. The summed E-state index contributed by atoms with van der Waals surface area (Å²) in [6.07, 6.45) is 14.0. The number of hydrogen-bond acceptors (Lipinski definition) is 2. The Labute approximate surface area is 170 Å². The lowest BCUT2D eigenvalue weighted by Gasteiger charge is -2.30. The topological polar surface area (TPSA) is 6.48 Å². The Hall–Kier alpha value is -1.28. The molecule has 0 bridgehead atoms. The second-order valence-electron chi connectivity index (χ2n) is 8.26. The molecule has 27 heavy (non-hydrogen) atoms. The number of unbranched alkanes of at least 4 members (excludes halogenated alkanes) is 5. The van der Waals surface area contributed by atoms with Crippen LogP contribution in [0.1, 0.15) is 78.1 Å². The van der Waals surface area contributed by atoms with Gasteiger partial charge in [-0.3, -0.25) is 0 Å². The van der Waals surface area contributed by atoms with E-state index in [1.807, 2.05) is 6.08 Å². The second-order valence-corrected chi connectivity index (χ2v) is 8.26. The van der Waals surface area contributed by atoms with Gasteiger partial charge in [0.15, 0.2) is 0 Å². The van der Waals surface area contributed by atoms with Crippen molar-refractivity contribution < 1.29 is 0 Å². The number of likely N-dealkylation sites (N-methyl/N-ethyl adjacent to an activating group) is 2. The van der Waals surface area contributed by atoms with Crippen molar-refractivity contribution in [2.75, 3.05) is 21.1 Å². The quantitative estimate of drug-likeness (QED) is 0.200. The molecule has 2 atom stereocenters. The summed E-state index contributed by atoms with van der Waals surface area (Å²) in [7, 11) is 6.38. The van der Waals surface area contributed by atoms with Crippen LogP contribution in [0.5, 0.6) is 0 Å². The highest BCUT2D eigenvalue weighted by Crippen LogP contribution is 2.21. The van der Waals surface area contributed by atoms with Gasteiger partial charge in [0, 0.05) is 24.8 Å². The predicted octanol–water partition coefficient (Wildman–Crippen LogP) is 6.97. The van der Waals surface area contributed by atoms with E-state index in [-0.39, 0.29) is 0 Å². The molecule has 0 radical (unpaired) electrons. The average molecular weight is 375 g/mol. The van der Waals surface area contributed by atoms with Crippen LogP contribution in [0.25, 0.3) is 0 Å². The van der Waals surface area contributed by atoms with Gasteiger partial charge in [0.25, 0.3) is 0 Å². The molecular formula is C25H46N2. The van der Waals surface area contributed by atoms with Gasteiger partial charge >= 0.3 is 0 Å². The fourth-order valence-electron chi connectivity index (χ4n) is 3.19. The highest BCUT2D eigenvalue weighted by Gasteiger charge is 2.13. The lowest BCUT2D eigenvalue weighted by atomic mass is 9.99. The molecule has 0 aliphatic rings. The lowest BCUT2D eigenvalue weighted by Crippen LogP contribution is -2.29. The van der Waals surface area contributed by atoms with Crippen molar-refractivity contribution in [3.05, 3.63) is 49.2 Å². The fraction of sp³-hybridized carbons (Fsp3) is 0.680. The minimum atomic E-state index is 0.368. The maximum Gasteiger partial charge on any atom is 0.0465 e. The zero-order valence-corrected chi connectivity index (χ0v) is 19.0. The Morgan fingerprint density at radius 2 is 1.19 bits per heavy atom. The van der Waals surface area contributed by atoms with Crippen LogP contribution in [0.15, 0.2) is 49.2 Å². The van der Waals surface area contributed by atoms with Crippen LogP contribution < -0.4 is 0 Å². The largest absolute Gasteiger partial charge is 0.372 e. The van der Waals surface area contributed by atoms with Gasteiger partial charge in [-0.15, -0.1) is 6.58 Å². The van der Waals surface area contributed by atoms with Crippen molar-refractivity contribution in [1.29, 1.82) is 0 Å². The third kappa shape index (κ3) is 11.2. The Kier molecular flexibility index (Phi) is 14.0. The summed E-state index contributed by atoms with van der Waals surface area (Å²) >= 11 is 0. The molecule has 0 spiro atoms.